The molecule has 0 atom stereocenters. The number of hydrogen-bond donors (Lipinski definition) is 2. The van der Waals surface area contributed by atoms with E-state index in [1.54, 1.807) is 25.3 Å². The minimum atomic E-state index is -0.373. The van der Waals surface area contributed by atoms with Crippen molar-refractivity contribution in [2.75, 3.05) is 6.61 Å². The molecule has 154 valence electrons. The molecule has 1 heterocycles. The third-order valence-corrected chi connectivity index (χ3v) is 4.58. The van der Waals surface area contributed by atoms with Crippen LogP contribution in [-0.4, -0.2) is 34.4 Å². The zero-order valence-electron chi connectivity index (χ0n) is 17.0. The quantitative estimate of drug-likeness (QED) is 0.371. The Hall–Kier alpha value is -3.87. The van der Waals surface area contributed by atoms with Crippen LogP contribution in [0.2, 0.25) is 0 Å². The molecule has 3 aromatic rings. The van der Waals surface area contributed by atoms with Crippen LogP contribution in [0.25, 0.3) is 5.69 Å². The number of esters is 1. The number of ether oxygens (including phenoxy) is 1. The summed E-state index contributed by atoms with van der Waals surface area (Å²) in [6.07, 6.45) is 1.58. The Labute approximate surface area is 174 Å². The van der Waals surface area contributed by atoms with Gasteiger partial charge in [-0.2, -0.15) is 5.10 Å². The molecule has 30 heavy (non-hydrogen) atoms. The molecule has 0 unspecified atom stereocenters. The van der Waals surface area contributed by atoms with Gasteiger partial charge in [0.2, 0.25) is 0 Å². The van der Waals surface area contributed by atoms with Crippen LogP contribution < -0.4 is 5.43 Å². The van der Waals surface area contributed by atoms with Gasteiger partial charge in [-0.25, -0.2) is 10.2 Å². The normalized spacial score (nSPS) is 10.9. The molecule has 0 fully saturated rings. The summed E-state index contributed by atoms with van der Waals surface area (Å²) in [7, 11) is 0. The summed E-state index contributed by atoms with van der Waals surface area (Å²) < 4.78 is 7.09. The maximum atomic E-state index is 12.1. The van der Waals surface area contributed by atoms with Crippen LogP contribution in [0.1, 0.15) is 44.6 Å². The summed E-state index contributed by atoms with van der Waals surface area (Å²) in [4.78, 5) is 24.2. The molecular formula is C23H23N3O4. The second-order valence-electron chi connectivity index (χ2n) is 6.68. The van der Waals surface area contributed by atoms with Crippen LogP contribution in [-0.2, 0) is 4.74 Å². The molecule has 0 radical (unpaired) electrons. The standard InChI is InChI=1S/C23H23N3O4/c1-4-30-23(29)18-6-5-7-20(13-18)26-15(2)12-19(16(26)3)14-24-25-22(28)17-8-10-21(27)11-9-17/h5-14,27H,4H2,1-3H3,(H,25,28)/b24-14+. The molecule has 0 aliphatic heterocycles. The van der Waals surface area contributed by atoms with E-state index in [1.165, 1.54) is 24.3 Å². The number of nitrogens with zero attached hydrogens (tertiary/aromatic N) is 2. The number of aromatic hydroxyl groups is 1. The molecule has 7 nitrogen and oxygen atoms in total. The predicted molar refractivity (Wildman–Crippen MR) is 114 cm³/mol. The van der Waals surface area contributed by atoms with E-state index in [0.717, 1.165) is 22.6 Å². The number of phenolic OH excluding ortho intramolecular Hbond substituents is 1. The van der Waals surface area contributed by atoms with Crippen molar-refractivity contribution in [2.45, 2.75) is 20.8 Å². The highest BCUT2D eigenvalue weighted by Crippen LogP contribution is 2.21. The molecule has 1 amide bonds. The number of nitrogens with one attached hydrogen (secondary N) is 1. The third-order valence-electron chi connectivity index (χ3n) is 4.58. The molecule has 0 bridgehead atoms. The highest BCUT2D eigenvalue weighted by molar-refractivity contribution is 5.95. The molecular weight excluding hydrogens is 382 g/mol. The van der Waals surface area contributed by atoms with Crippen molar-refractivity contribution in [3.63, 3.8) is 0 Å². The van der Waals surface area contributed by atoms with Gasteiger partial charge in [0.05, 0.1) is 18.4 Å². The second-order valence-corrected chi connectivity index (χ2v) is 6.68. The topological polar surface area (TPSA) is 92.9 Å². The molecule has 0 spiro atoms. The molecule has 3 rings (SSSR count). The first-order valence-electron chi connectivity index (χ1n) is 9.49. The fourth-order valence-electron chi connectivity index (χ4n) is 3.14. The van der Waals surface area contributed by atoms with Gasteiger partial charge in [-0.1, -0.05) is 6.07 Å². The zero-order chi connectivity index (χ0) is 21.7. The Morgan fingerprint density at radius 1 is 1.10 bits per heavy atom. The number of aromatic nitrogens is 1. The molecule has 0 aliphatic rings. The lowest BCUT2D eigenvalue weighted by molar-refractivity contribution is 0.0526. The number of benzene rings is 2. The van der Waals surface area contributed by atoms with Gasteiger partial charge in [-0.15, -0.1) is 0 Å². The Morgan fingerprint density at radius 3 is 2.53 bits per heavy atom. The van der Waals surface area contributed by atoms with Crippen molar-refractivity contribution in [3.05, 3.63) is 82.7 Å². The first-order valence-corrected chi connectivity index (χ1v) is 9.49. The lowest BCUT2D eigenvalue weighted by Crippen LogP contribution is -2.17. The summed E-state index contributed by atoms with van der Waals surface area (Å²) in [6, 6.07) is 15.1. The minimum Gasteiger partial charge on any atom is -0.508 e. The molecule has 0 saturated heterocycles. The first kappa shape index (κ1) is 20.9. The number of carbonyl (C=O) groups excluding carboxylic acids is 2. The third kappa shape index (κ3) is 4.57. The largest absolute Gasteiger partial charge is 0.508 e. The van der Waals surface area contributed by atoms with Crippen LogP contribution in [0.15, 0.2) is 59.7 Å². The van der Waals surface area contributed by atoms with E-state index in [4.69, 9.17) is 4.74 Å². The van der Waals surface area contributed by atoms with Gasteiger partial charge in [-0.3, -0.25) is 4.79 Å². The van der Waals surface area contributed by atoms with Crippen LogP contribution in [0, 0.1) is 13.8 Å². The maximum Gasteiger partial charge on any atom is 0.338 e. The van der Waals surface area contributed by atoms with E-state index >= 15 is 0 Å². The summed E-state index contributed by atoms with van der Waals surface area (Å²) in [6.45, 7) is 5.98. The Balaban J connectivity index is 1.79. The van der Waals surface area contributed by atoms with E-state index in [9.17, 15) is 14.7 Å². The van der Waals surface area contributed by atoms with Crippen molar-refractivity contribution in [3.8, 4) is 11.4 Å². The molecule has 1 aromatic heterocycles. The monoisotopic (exact) mass is 405 g/mol. The Bertz CT molecular complexity index is 1100. The average Bonchev–Trinajstić information content (AvgIpc) is 3.02. The van der Waals surface area contributed by atoms with Crippen LogP contribution in [0.5, 0.6) is 5.75 Å². The summed E-state index contributed by atoms with van der Waals surface area (Å²) in [5.41, 5.74) is 6.90. The number of rotatable bonds is 6. The lowest BCUT2D eigenvalue weighted by Gasteiger charge is -2.11. The van der Waals surface area contributed by atoms with Crippen LogP contribution in [0.4, 0.5) is 0 Å². The Morgan fingerprint density at radius 2 is 1.83 bits per heavy atom. The molecule has 2 N–H and O–H groups in total. The molecule has 2 aromatic carbocycles. The molecule has 7 heteroatoms. The predicted octanol–water partition coefficient (Wildman–Crippen LogP) is 3.74. The molecule has 0 saturated carbocycles. The van der Waals surface area contributed by atoms with Crippen LogP contribution in [0.3, 0.4) is 0 Å². The fourth-order valence-corrected chi connectivity index (χ4v) is 3.14. The van der Waals surface area contributed by atoms with Crippen molar-refractivity contribution in [1.29, 1.82) is 0 Å². The van der Waals surface area contributed by atoms with Gasteiger partial charge in [0, 0.05) is 28.2 Å². The summed E-state index contributed by atoms with van der Waals surface area (Å²) >= 11 is 0. The Kier molecular flexibility index (Phi) is 6.32. The first-order chi connectivity index (χ1) is 14.4. The minimum absolute atomic E-state index is 0.0921. The van der Waals surface area contributed by atoms with Crippen molar-refractivity contribution in [1.82, 2.24) is 9.99 Å². The zero-order valence-corrected chi connectivity index (χ0v) is 17.0. The number of amides is 1. The smallest absolute Gasteiger partial charge is 0.338 e. The number of phenols is 1. The average molecular weight is 405 g/mol. The molecule has 0 aliphatic carbocycles. The van der Waals surface area contributed by atoms with Gasteiger partial charge < -0.3 is 14.4 Å². The number of hydrogen-bond acceptors (Lipinski definition) is 5. The van der Waals surface area contributed by atoms with Gasteiger partial charge in [-0.05, 0) is 69.3 Å². The van der Waals surface area contributed by atoms with E-state index < -0.39 is 0 Å². The number of carbonyl (C=O) groups is 2. The van der Waals surface area contributed by atoms with Crippen molar-refractivity contribution in [2.24, 2.45) is 5.10 Å². The van der Waals surface area contributed by atoms with E-state index in [2.05, 4.69) is 10.5 Å². The van der Waals surface area contributed by atoms with Gasteiger partial charge >= 0.3 is 5.97 Å². The number of hydrazone groups is 1. The summed E-state index contributed by atoms with van der Waals surface area (Å²) in [5, 5.41) is 13.3. The van der Waals surface area contributed by atoms with Gasteiger partial charge in [0.25, 0.3) is 5.91 Å². The van der Waals surface area contributed by atoms with Gasteiger partial charge in [0.15, 0.2) is 0 Å². The van der Waals surface area contributed by atoms with E-state index in [-0.39, 0.29) is 17.6 Å². The highest BCUT2D eigenvalue weighted by atomic mass is 16.5. The maximum absolute atomic E-state index is 12.1. The van der Waals surface area contributed by atoms with Crippen LogP contribution >= 0.6 is 0 Å². The van der Waals surface area contributed by atoms with E-state index in [1.807, 2.05) is 36.6 Å². The summed E-state index contributed by atoms with van der Waals surface area (Å²) in [5.74, 6) is -0.641. The van der Waals surface area contributed by atoms with Crippen molar-refractivity contribution >= 4 is 18.1 Å². The van der Waals surface area contributed by atoms with Gasteiger partial charge in [0.1, 0.15) is 5.75 Å². The van der Waals surface area contributed by atoms with E-state index in [0.29, 0.717) is 17.7 Å². The SMILES string of the molecule is CCOC(=O)c1cccc(-n2c(C)cc(/C=N/NC(=O)c3ccc(O)cc3)c2C)c1. The fraction of sp³-hybridized carbons (Fsp3) is 0.174. The second kappa shape index (κ2) is 9.09. The highest BCUT2D eigenvalue weighted by Gasteiger charge is 2.13. The lowest BCUT2D eigenvalue weighted by atomic mass is 10.2. The van der Waals surface area contributed by atoms with Crippen molar-refractivity contribution < 1.29 is 19.4 Å². The number of aryl methyl sites for hydroxylation is 1.